The molecule has 0 saturated heterocycles. The van der Waals surface area contributed by atoms with Crippen LogP contribution in [-0.2, 0) is 9.53 Å². The average molecular weight is 285 g/mol. The number of para-hydroxylation sites is 1. The zero-order chi connectivity index (χ0) is 11.5. The van der Waals surface area contributed by atoms with Gasteiger partial charge in [-0.05, 0) is 28.1 Å². The van der Waals surface area contributed by atoms with E-state index in [1.807, 2.05) is 18.2 Å². The number of hydrogen-bond acceptors (Lipinski definition) is 3. The Morgan fingerprint density at radius 3 is 2.62 bits per heavy atom. The van der Waals surface area contributed by atoms with Crippen LogP contribution in [-0.4, -0.2) is 18.6 Å². The molecule has 1 aromatic carbocycles. The molecule has 0 fully saturated rings. The van der Waals surface area contributed by atoms with Gasteiger partial charge in [-0.15, -0.1) is 0 Å². The van der Waals surface area contributed by atoms with Gasteiger partial charge in [-0.2, -0.15) is 0 Å². The summed E-state index contributed by atoms with van der Waals surface area (Å²) in [6.07, 6.45) is -0.328. The number of halogens is 1. The molecule has 1 atom stereocenters. The molecule has 1 aliphatic rings. The van der Waals surface area contributed by atoms with Crippen LogP contribution in [0.15, 0.2) is 40.6 Å². The Morgan fingerprint density at radius 2 is 2.06 bits per heavy atom. The third-order valence-electron chi connectivity index (χ3n) is 2.16. The SMILES string of the molecule is [NH3+]C[C@H]1OC(=O)C(Oc2ccccc2)=C1Br. The maximum Gasteiger partial charge on any atom is 0.376 e. The molecule has 0 saturated carbocycles. The van der Waals surface area contributed by atoms with Gasteiger partial charge in [0.2, 0.25) is 5.76 Å². The molecule has 0 radical (unpaired) electrons. The first-order valence-corrected chi connectivity index (χ1v) is 5.64. The van der Waals surface area contributed by atoms with E-state index in [9.17, 15) is 4.79 Å². The highest BCUT2D eigenvalue weighted by atomic mass is 79.9. The van der Waals surface area contributed by atoms with E-state index in [1.54, 1.807) is 12.1 Å². The smallest absolute Gasteiger partial charge is 0.376 e. The van der Waals surface area contributed by atoms with Crippen molar-refractivity contribution in [1.29, 1.82) is 0 Å². The van der Waals surface area contributed by atoms with E-state index in [-0.39, 0.29) is 11.9 Å². The van der Waals surface area contributed by atoms with E-state index >= 15 is 0 Å². The Balaban J connectivity index is 2.21. The first kappa shape index (κ1) is 11.2. The molecule has 1 heterocycles. The number of rotatable bonds is 3. The van der Waals surface area contributed by atoms with Gasteiger partial charge in [0.05, 0.1) is 4.48 Å². The van der Waals surface area contributed by atoms with Gasteiger partial charge in [-0.1, -0.05) is 18.2 Å². The van der Waals surface area contributed by atoms with Gasteiger partial charge in [0.25, 0.3) is 0 Å². The zero-order valence-electron chi connectivity index (χ0n) is 8.48. The van der Waals surface area contributed by atoms with E-state index in [1.165, 1.54) is 0 Å². The number of esters is 1. The van der Waals surface area contributed by atoms with Crippen LogP contribution in [0.4, 0.5) is 0 Å². The summed E-state index contributed by atoms with van der Waals surface area (Å²) in [5.74, 6) is 0.361. The fraction of sp³-hybridized carbons (Fsp3) is 0.182. The summed E-state index contributed by atoms with van der Waals surface area (Å²) in [4.78, 5) is 11.5. The fourth-order valence-corrected chi connectivity index (χ4v) is 1.93. The topological polar surface area (TPSA) is 63.2 Å². The predicted molar refractivity (Wildman–Crippen MR) is 60.7 cm³/mol. The minimum atomic E-state index is -0.454. The molecule has 2 rings (SSSR count). The monoisotopic (exact) mass is 284 g/mol. The highest BCUT2D eigenvalue weighted by Crippen LogP contribution is 2.29. The van der Waals surface area contributed by atoms with Gasteiger partial charge in [-0.25, -0.2) is 4.79 Å². The molecule has 4 nitrogen and oxygen atoms in total. The minimum absolute atomic E-state index is 0.208. The summed E-state index contributed by atoms with van der Waals surface area (Å²) < 4.78 is 11.1. The van der Waals surface area contributed by atoms with Crippen molar-refractivity contribution < 1.29 is 20.0 Å². The number of cyclic esters (lactones) is 1. The lowest BCUT2D eigenvalue weighted by molar-refractivity contribution is -0.379. The van der Waals surface area contributed by atoms with Crippen molar-refractivity contribution in [2.24, 2.45) is 0 Å². The number of hydrogen-bond donors (Lipinski definition) is 1. The average Bonchev–Trinajstić information content (AvgIpc) is 2.58. The molecule has 1 aromatic rings. The second kappa shape index (κ2) is 4.67. The van der Waals surface area contributed by atoms with E-state index in [0.29, 0.717) is 16.8 Å². The molecule has 16 heavy (non-hydrogen) atoms. The summed E-state index contributed by atoms with van der Waals surface area (Å²) in [6, 6.07) is 9.10. The van der Waals surface area contributed by atoms with E-state index in [2.05, 4.69) is 21.7 Å². The quantitative estimate of drug-likeness (QED) is 0.837. The second-order valence-electron chi connectivity index (χ2n) is 3.27. The van der Waals surface area contributed by atoms with Crippen LogP contribution in [0.3, 0.4) is 0 Å². The number of benzene rings is 1. The normalized spacial score (nSPS) is 19.9. The van der Waals surface area contributed by atoms with Crippen molar-refractivity contribution in [1.82, 2.24) is 0 Å². The first-order chi connectivity index (χ1) is 7.72. The van der Waals surface area contributed by atoms with Gasteiger partial charge < -0.3 is 15.2 Å². The van der Waals surface area contributed by atoms with Crippen LogP contribution in [0, 0.1) is 0 Å². The molecule has 84 valence electrons. The van der Waals surface area contributed by atoms with Crippen molar-refractivity contribution in [3.63, 3.8) is 0 Å². The number of carbonyl (C=O) groups is 1. The predicted octanol–water partition coefficient (Wildman–Crippen LogP) is 0.839. The van der Waals surface area contributed by atoms with Gasteiger partial charge in [0, 0.05) is 0 Å². The second-order valence-corrected chi connectivity index (χ2v) is 4.13. The largest absolute Gasteiger partial charge is 0.449 e. The van der Waals surface area contributed by atoms with Crippen LogP contribution in [0.5, 0.6) is 5.75 Å². The van der Waals surface area contributed by atoms with Gasteiger partial charge in [0.15, 0.2) is 6.10 Å². The van der Waals surface area contributed by atoms with Crippen molar-refractivity contribution in [3.05, 3.63) is 40.6 Å². The van der Waals surface area contributed by atoms with Crippen molar-refractivity contribution in [2.45, 2.75) is 6.10 Å². The standard InChI is InChI=1S/C11H10BrNO3/c12-9-8(6-13)16-11(14)10(9)15-7-4-2-1-3-5-7/h1-5,8H,6,13H2/p+1/t8-/m1/s1. The molecule has 0 aromatic heterocycles. The van der Waals surface area contributed by atoms with Crippen LogP contribution >= 0.6 is 15.9 Å². The molecule has 0 unspecified atom stereocenters. The summed E-state index contributed by atoms with van der Waals surface area (Å²) >= 11 is 3.30. The Bertz CT molecular complexity index is 430. The third-order valence-corrected chi connectivity index (χ3v) is 3.03. The minimum Gasteiger partial charge on any atom is -0.449 e. The Morgan fingerprint density at radius 1 is 1.38 bits per heavy atom. The summed E-state index contributed by atoms with van der Waals surface area (Å²) in [6.45, 7) is 0.480. The molecular formula is C11H11BrNO3+. The number of ether oxygens (including phenoxy) is 2. The van der Waals surface area contributed by atoms with Crippen molar-refractivity contribution in [2.75, 3.05) is 6.54 Å². The highest BCUT2D eigenvalue weighted by molar-refractivity contribution is 9.11. The van der Waals surface area contributed by atoms with Crippen LogP contribution in [0.2, 0.25) is 0 Å². The van der Waals surface area contributed by atoms with Crippen molar-refractivity contribution >= 4 is 21.9 Å². The van der Waals surface area contributed by atoms with E-state index in [4.69, 9.17) is 9.47 Å². The summed E-state index contributed by atoms with van der Waals surface area (Å²) in [5, 5.41) is 0. The molecule has 3 N–H and O–H groups in total. The molecule has 0 amide bonds. The van der Waals surface area contributed by atoms with Gasteiger partial charge in [0.1, 0.15) is 12.3 Å². The van der Waals surface area contributed by atoms with E-state index < -0.39 is 5.97 Å². The molecule has 1 aliphatic heterocycles. The lowest BCUT2D eigenvalue weighted by Gasteiger charge is -2.03. The van der Waals surface area contributed by atoms with Crippen LogP contribution in [0.1, 0.15) is 0 Å². The Hall–Kier alpha value is -1.33. The summed E-state index contributed by atoms with van der Waals surface area (Å²) in [7, 11) is 0. The maximum atomic E-state index is 11.5. The number of quaternary nitrogens is 1. The van der Waals surface area contributed by atoms with Crippen LogP contribution < -0.4 is 10.5 Å². The molecule has 0 spiro atoms. The zero-order valence-corrected chi connectivity index (χ0v) is 10.1. The third kappa shape index (κ3) is 2.10. The van der Waals surface area contributed by atoms with E-state index in [0.717, 1.165) is 0 Å². The fourth-order valence-electron chi connectivity index (χ4n) is 1.36. The lowest BCUT2D eigenvalue weighted by atomic mass is 10.3. The molecule has 0 aliphatic carbocycles. The van der Waals surface area contributed by atoms with Crippen molar-refractivity contribution in [3.8, 4) is 5.75 Å². The molecular weight excluding hydrogens is 274 g/mol. The molecule has 5 heteroatoms. The Labute approximate surface area is 101 Å². The molecule has 0 bridgehead atoms. The van der Waals surface area contributed by atoms with Crippen LogP contribution in [0.25, 0.3) is 0 Å². The maximum absolute atomic E-state index is 11.5. The highest BCUT2D eigenvalue weighted by Gasteiger charge is 2.35. The van der Waals surface area contributed by atoms with Gasteiger partial charge >= 0.3 is 5.97 Å². The Kier molecular flexibility index (Phi) is 3.26. The lowest BCUT2D eigenvalue weighted by Crippen LogP contribution is -2.55. The summed E-state index contributed by atoms with van der Waals surface area (Å²) in [5.41, 5.74) is 3.70. The first-order valence-electron chi connectivity index (χ1n) is 4.85. The number of carbonyl (C=O) groups excluding carboxylic acids is 1. The van der Waals surface area contributed by atoms with Gasteiger partial charge in [-0.3, -0.25) is 0 Å².